The van der Waals surface area contributed by atoms with Crippen molar-refractivity contribution in [3.8, 4) is 5.75 Å². The van der Waals surface area contributed by atoms with Crippen LogP contribution in [-0.2, 0) is 21.1 Å². The van der Waals surface area contributed by atoms with Crippen LogP contribution in [-0.4, -0.2) is 27.2 Å². The number of benzene rings is 2. The number of amides is 1. The maximum absolute atomic E-state index is 12.1. The Hall–Kier alpha value is -2.60. The van der Waals surface area contributed by atoms with Gasteiger partial charge in [0.15, 0.2) is 9.84 Å². The molecule has 0 aromatic heterocycles. The van der Waals surface area contributed by atoms with E-state index in [0.29, 0.717) is 6.61 Å². The molecule has 0 radical (unpaired) electrons. The predicted octanol–water partition coefficient (Wildman–Crippen LogP) is 2.92. The minimum atomic E-state index is -3.22. The molecule has 0 spiro atoms. The predicted molar refractivity (Wildman–Crippen MR) is 101 cm³/mol. The Labute approximate surface area is 153 Å². The Morgan fingerprint density at radius 1 is 1.19 bits per heavy atom. The van der Waals surface area contributed by atoms with Crippen LogP contribution in [0, 0.1) is 0 Å². The van der Waals surface area contributed by atoms with E-state index in [1.165, 1.54) is 12.3 Å². The molecular formula is C20H21NO4S. The van der Waals surface area contributed by atoms with Gasteiger partial charge in [0.25, 0.3) is 0 Å². The highest BCUT2D eigenvalue weighted by molar-refractivity contribution is 7.90. The molecule has 0 saturated carbocycles. The molecule has 5 nitrogen and oxygen atoms in total. The van der Waals surface area contributed by atoms with Crippen molar-refractivity contribution in [2.24, 2.45) is 0 Å². The number of hydrogen-bond donors (Lipinski definition) is 1. The molecule has 0 saturated heterocycles. The fraction of sp³-hybridized carbons (Fsp3) is 0.250. The van der Waals surface area contributed by atoms with Crippen LogP contribution in [0.2, 0.25) is 0 Å². The van der Waals surface area contributed by atoms with Gasteiger partial charge in [-0.05, 0) is 54.0 Å². The highest BCUT2D eigenvalue weighted by Gasteiger charge is 2.12. The van der Waals surface area contributed by atoms with Crippen LogP contribution in [0.25, 0.3) is 6.08 Å². The number of ether oxygens (including phenoxy) is 1. The molecule has 1 aliphatic rings. The summed E-state index contributed by atoms with van der Waals surface area (Å²) in [6.07, 6.45) is 5.33. The van der Waals surface area contributed by atoms with Crippen LogP contribution in [0.4, 0.5) is 0 Å². The molecular weight excluding hydrogens is 350 g/mol. The van der Waals surface area contributed by atoms with E-state index in [2.05, 4.69) is 5.32 Å². The second kappa shape index (κ2) is 7.33. The summed E-state index contributed by atoms with van der Waals surface area (Å²) in [7, 11) is -3.22. The Balaban J connectivity index is 1.62. The largest absolute Gasteiger partial charge is 0.493 e. The summed E-state index contributed by atoms with van der Waals surface area (Å²) >= 11 is 0. The lowest BCUT2D eigenvalue weighted by Crippen LogP contribution is -2.24. The van der Waals surface area contributed by atoms with Crippen molar-refractivity contribution in [3.63, 3.8) is 0 Å². The number of carbonyl (C=O) groups excluding carboxylic acids is 1. The first kappa shape index (κ1) is 18.2. The molecule has 1 unspecified atom stereocenters. The molecule has 2 aromatic carbocycles. The van der Waals surface area contributed by atoms with Crippen molar-refractivity contribution >= 4 is 21.8 Å². The molecule has 0 aliphatic carbocycles. The zero-order chi connectivity index (χ0) is 18.7. The maximum Gasteiger partial charge on any atom is 0.244 e. The second-order valence-electron chi connectivity index (χ2n) is 6.37. The van der Waals surface area contributed by atoms with Gasteiger partial charge in [0.1, 0.15) is 5.75 Å². The molecule has 1 heterocycles. The van der Waals surface area contributed by atoms with E-state index in [-0.39, 0.29) is 16.8 Å². The van der Waals surface area contributed by atoms with Crippen molar-refractivity contribution in [2.75, 3.05) is 12.9 Å². The fourth-order valence-corrected chi connectivity index (χ4v) is 3.46. The van der Waals surface area contributed by atoms with Crippen molar-refractivity contribution in [2.45, 2.75) is 24.3 Å². The van der Waals surface area contributed by atoms with E-state index in [9.17, 15) is 13.2 Å². The number of carbonyl (C=O) groups is 1. The summed E-state index contributed by atoms with van der Waals surface area (Å²) in [5.74, 6) is 0.708. The quantitative estimate of drug-likeness (QED) is 0.821. The molecule has 1 amide bonds. The molecule has 26 heavy (non-hydrogen) atoms. The summed E-state index contributed by atoms with van der Waals surface area (Å²) in [6.45, 7) is 2.56. The molecule has 1 atom stereocenters. The highest BCUT2D eigenvalue weighted by atomic mass is 32.2. The van der Waals surface area contributed by atoms with E-state index in [0.717, 1.165) is 28.9 Å². The number of sulfone groups is 1. The van der Waals surface area contributed by atoms with Crippen LogP contribution in [0.15, 0.2) is 53.4 Å². The Kier molecular flexibility index (Phi) is 5.13. The minimum absolute atomic E-state index is 0.207. The summed E-state index contributed by atoms with van der Waals surface area (Å²) in [4.78, 5) is 12.4. The zero-order valence-electron chi connectivity index (χ0n) is 14.7. The van der Waals surface area contributed by atoms with E-state index >= 15 is 0 Å². The van der Waals surface area contributed by atoms with Crippen molar-refractivity contribution in [3.05, 3.63) is 65.2 Å². The number of rotatable bonds is 5. The molecule has 3 rings (SSSR count). The van der Waals surface area contributed by atoms with Crippen LogP contribution in [0.1, 0.15) is 29.7 Å². The fourth-order valence-electron chi connectivity index (χ4n) is 2.83. The van der Waals surface area contributed by atoms with Gasteiger partial charge in [0.2, 0.25) is 5.91 Å². The molecule has 0 bridgehead atoms. The Morgan fingerprint density at radius 3 is 2.62 bits per heavy atom. The van der Waals surface area contributed by atoms with E-state index in [4.69, 9.17) is 4.74 Å². The monoisotopic (exact) mass is 371 g/mol. The standard InChI is InChI=1S/C20H21NO4S/c1-14(16-5-7-18(8-6-16)26(2,23)24)21-20(22)10-4-15-3-9-19-17(13-15)11-12-25-19/h3-10,13-14H,11-12H2,1-2H3,(H,21,22). The SMILES string of the molecule is CC(NC(=O)C=Cc1ccc2c(c1)CCO2)c1ccc(S(C)(=O)=O)cc1. The van der Waals surface area contributed by atoms with Crippen LogP contribution in [0.5, 0.6) is 5.75 Å². The van der Waals surface area contributed by atoms with E-state index in [1.807, 2.05) is 25.1 Å². The topological polar surface area (TPSA) is 72.5 Å². The number of hydrogen-bond acceptors (Lipinski definition) is 4. The zero-order valence-corrected chi connectivity index (χ0v) is 15.5. The van der Waals surface area contributed by atoms with Gasteiger partial charge in [-0.3, -0.25) is 4.79 Å². The van der Waals surface area contributed by atoms with Gasteiger partial charge in [-0.1, -0.05) is 18.2 Å². The first-order valence-electron chi connectivity index (χ1n) is 8.37. The Bertz CT molecular complexity index is 946. The molecule has 136 valence electrons. The van der Waals surface area contributed by atoms with Gasteiger partial charge in [-0.2, -0.15) is 0 Å². The first-order chi connectivity index (χ1) is 12.3. The van der Waals surface area contributed by atoms with Crippen LogP contribution < -0.4 is 10.1 Å². The van der Waals surface area contributed by atoms with Crippen LogP contribution in [0.3, 0.4) is 0 Å². The lowest BCUT2D eigenvalue weighted by Gasteiger charge is -2.13. The van der Waals surface area contributed by atoms with E-state index < -0.39 is 9.84 Å². The average Bonchev–Trinajstić information content (AvgIpc) is 3.07. The molecule has 1 aliphatic heterocycles. The Morgan fingerprint density at radius 2 is 1.92 bits per heavy atom. The first-order valence-corrected chi connectivity index (χ1v) is 10.3. The summed E-state index contributed by atoms with van der Waals surface area (Å²) in [6, 6.07) is 12.2. The molecule has 2 aromatic rings. The minimum Gasteiger partial charge on any atom is -0.493 e. The van der Waals surface area contributed by atoms with Crippen LogP contribution >= 0.6 is 0 Å². The molecule has 1 N–H and O–H groups in total. The number of fused-ring (bicyclic) bond motifs is 1. The molecule has 6 heteroatoms. The summed E-state index contributed by atoms with van der Waals surface area (Å²) < 4.78 is 28.5. The number of nitrogens with one attached hydrogen (secondary N) is 1. The molecule has 0 fully saturated rings. The third-order valence-electron chi connectivity index (χ3n) is 4.31. The maximum atomic E-state index is 12.1. The lowest BCUT2D eigenvalue weighted by molar-refractivity contribution is -0.117. The van der Waals surface area contributed by atoms with Gasteiger partial charge >= 0.3 is 0 Å². The van der Waals surface area contributed by atoms with Crippen molar-refractivity contribution in [1.82, 2.24) is 5.32 Å². The highest BCUT2D eigenvalue weighted by Crippen LogP contribution is 2.26. The normalized spacial score (nSPS) is 14.7. The summed E-state index contributed by atoms with van der Waals surface area (Å²) in [5, 5.41) is 2.88. The van der Waals surface area contributed by atoms with Crippen molar-refractivity contribution in [1.29, 1.82) is 0 Å². The van der Waals surface area contributed by atoms with Gasteiger partial charge < -0.3 is 10.1 Å². The van der Waals surface area contributed by atoms with Gasteiger partial charge in [-0.15, -0.1) is 0 Å². The third-order valence-corrected chi connectivity index (χ3v) is 5.44. The van der Waals surface area contributed by atoms with Gasteiger partial charge in [0, 0.05) is 18.8 Å². The summed E-state index contributed by atoms with van der Waals surface area (Å²) in [5.41, 5.74) is 2.95. The van der Waals surface area contributed by atoms with E-state index in [1.54, 1.807) is 30.3 Å². The van der Waals surface area contributed by atoms with Gasteiger partial charge in [-0.25, -0.2) is 8.42 Å². The smallest absolute Gasteiger partial charge is 0.244 e. The average molecular weight is 371 g/mol. The second-order valence-corrected chi connectivity index (χ2v) is 8.39. The van der Waals surface area contributed by atoms with Crippen molar-refractivity contribution < 1.29 is 17.9 Å². The lowest BCUT2D eigenvalue weighted by atomic mass is 10.1. The third kappa shape index (κ3) is 4.32. The van der Waals surface area contributed by atoms with Gasteiger partial charge in [0.05, 0.1) is 17.5 Å².